The van der Waals surface area contributed by atoms with Crippen molar-refractivity contribution in [3.8, 4) is 0 Å². The topological polar surface area (TPSA) is 72.6 Å². The number of anilines is 2. The lowest BCUT2D eigenvalue weighted by molar-refractivity contribution is -0.126. The Morgan fingerprint density at radius 1 is 1.05 bits per heavy atom. The summed E-state index contributed by atoms with van der Waals surface area (Å²) in [5, 5.41) is 0. The maximum Gasteiger partial charge on any atom is 0.338 e. The van der Waals surface area contributed by atoms with Gasteiger partial charge in [-0.05, 0) is 43.3 Å². The Morgan fingerprint density at radius 3 is 2.23 bits per heavy atom. The van der Waals surface area contributed by atoms with Gasteiger partial charge in [0.1, 0.15) is 0 Å². The molecule has 0 spiro atoms. The molecule has 1 amide bonds. The third kappa shape index (κ3) is 3.63. The Bertz CT molecular complexity index is 653. The predicted molar refractivity (Wildman–Crippen MR) is 85.6 cm³/mol. The lowest BCUT2D eigenvalue weighted by atomic mass is 10.2. The summed E-state index contributed by atoms with van der Waals surface area (Å²) < 4.78 is 5.21. The molecule has 2 rings (SSSR count). The van der Waals surface area contributed by atoms with Crippen LogP contribution in [-0.4, -0.2) is 25.0 Å². The summed E-state index contributed by atoms with van der Waals surface area (Å²) in [4.78, 5) is 25.7. The Kier molecular flexibility index (Phi) is 4.78. The van der Waals surface area contributed by atoms with Crippen molar-refractivity contribution in [1.82, 2.24) is 0 Å². The van der Waals surface area contributed by atoms with E-state index in [9.17, 15) is 9.59 Å². The highest BCUT2D eigenvalue weighted by atomic mass is 16.5. The maximum atomic E-state index is 12.3. The number of nitrogens with two attached hydrogens (primary N) is 1. The van der Waals surface area contributed by atoms with Gasteiger partial charge in [0.05, 0.1) is 5.56 Å². The van der Waals surface area contributed by atoms with E-state index in [1.54, 1.807) is 38.2 Å². The van der Waals surface area contributed by atoms with Crippen molar-refractivity contribution in [2.75, 3.05) is 17.7 Å². The molecule has 0 fully saturated rings. The molecule has 0 aliphatic heterocycles. The monoisotopic (exact) mass is 298 g/mol. The molecule has 0 radical (unpaired) electrons. The first kappa shape index (κ1) is 15.6. The number of nitrogen functional groups attached to an aromatic ring is 1. The molecule has 0 unspecified atom stereocenters. The van der Waals surface area contributed by atoms with Crippen molar-refractivity contribution in [3.05, 3.63) is 60.2 Å². The number of carbonyl (C=O) groups is 2. The number of ether oxygens (including phenoxy) is 1. The van der Waals surface area contributed by atoms with Crippen LogP contribution in [0.2, 0.25) is 0 Å². The van der Waals surface area contributed by atoms with E-state index in [-0.39, 0.29) is 5.91 Å². The lowest BCUT2D eigenvalue weighted by Crippen LogP contribution is -2.37. The van der Waals surface area contributed by atoms with Gasteiger partial charge in [0.25, 0.3) is 5.91 Å². The normalized spacial score (nSPS) is 11.5. The summed E-state index contributed by atoms with van der Waals surface area (Å²) in [6, 6.07) is 15.5. The Balaban J connectivity index is 2.02. The summed E-state index contributed by atoms with van der Waals surface area (Å²) in [5.41, 5.74) is 7.22. The first-order valence-electron chi connectivity index (χ1n) is 6.88. The Labute approximate surface area is 129 Å². The van der Waals surface area contributed by atoms with E-state index in [1.807, 2.05) is 30.3 Å². The molecule has 114 valence electrons. The second-order valence-electron chi connectivity index (χ2n) is 4.90. The molecule has 0 heterocycles. The first-order valence-corrected chi connectivity index (χ1v) is 6.88. The van der Waals surface area contributed by atoms with Gasteiger partial charge in [-0.1, -0.05) is 18.2 Å². The van der Waals surface area contributed by atoms with Crippen LogP contribution in [0.4, 0.5) is 11.4 Å². The van der Waals surface area contributed by atoms with E-state index in [0.29, 0.717) is 11.3 Å². The number of amides is 1. The van der Waals surface area contributed by atoms with Crippen LogP contribution in [0.25, 0.3) is 0 Å². The molecule has 2 aromatic carbocycles. The van der Waals surface area contributed by atoms with Gasteiger partial charge >= 0.3 is 5.97 Å². The van der Waals surface area contributed by atoms with Crippen LogP contribution in [0.5, 0.6) is 0 Å². The number of para-hydroxylation sites is 1. The number of nitrogens with zero attached hydrogens (tertiary/aromatic N) is 1. The summed E-state index contributed by atoms with van der Waals surface area (Å²) in [6.45, 7) is 1.55. The zero-order chi connectivity index (χ0) is 16.1. The van der Waals surface area contributed by atoms with E-state index in [0.717, 1.165) is 5.69 Å². The van der Waals surface area contributed by atoms with Gasteiger partial charge in [0, 0.05) is 18.4 Å². The smallest absolute Gasteiger partial charge is 0.338 e. The van der Waals surface area contributed by atoms with Crippen molar-refractivity contribution in [1.29, 1.82) is 0 Å². The molecule has 0 saturated carbocycles. The average Bonchev–Trinajstić information content (AvgIpc) is 2.54. The van der Waals surface area contributed by atoms with Crippen LogP contribution in [0.1, 0.15) is 17.3 Å². The number of rotatable bonds is 4. The van der Waals surface area contributed by atoms with Crippen LogP contribution in [0.3, 0.4) is 0 Å². The van der Waals surface area contributed by atoms with Crippen LogP contribution in [0.15, 0.2) is 54.6 Å². The minimum Gasteiger partial charge on any atom is -0.449 e. The van der Waals surface area contributed by atoms with Crippen LogP contribution in [-0.2, 0) is 9.53 Å². The Hall–Kier alpha value is -2.82. The van der Waals surface area contributed by atoms with Gasteiger partial charge < -0.3 is 15.4 Å². The molecule has 5 nitrogen and oxygen atoms in total. The molecule has 0 saturated heterocycles. The van der Waals surface area contributed by atoms with Gasteiger partial charge in [0.2, 0.25) is 0 Å². The molecule has 0 aliphatic carbocycles. The lowest BCUT2D eigenvalue weighted by Gasteiger charge is -2.21. The molecular weight excluding hydrogens is 280 g/mol. The molecule has 22 heavy (non-hydrogen) atoms. The number of benzene rings is 2. The highest BCUT2D eigenvalue weighted by molar-refractivity contribution is 5.98. The zero-order valence-corrected chi connectivity index (χ0v) is 12.5. The quantitative estimate of drug-likeness (QED) is 0.695. The van der Waals surface area contributed by atoms with E-state index in [4.69, 9.17) is 10.5 Å². The number of hydrogen-bond donors (Lipinski definition) is 1. The van der Waals surface area contributed by atoms with Gasteiger partial charge in [0.15, 0.2) is 6.10 Å². The van der Waals surface area contributed by atoms with Crippen LogP contribution >= 0.6 is 0 Å². The van der Waals surface area contributed by atoms with Crippen LogP contribution in [0, 0.1) is 0 Å². The summed E-state index contributed by atoms with van der Waals surface area (Å²) in [7, 11) is 1.64. The molecule has 1 atom stereocenters. The zero-order valence-electron chi connectivity index (χ0n) is 12.5. The maximum absolute atomic E-state index is 12.3. The fourth-order valence-corrected chi connectivity index (χ4v) is 1.95. The first-order chi connectivity index (χ1) is 10.5. The molecule has 2 aromatic rings. The van der Waals surface area contributed by atoms with E-state index in [2.05, 4.69) is 0 Å². The van der Waals surface area contributed by atoms with E-state index < -0.39 is 12.1 Å². The van der Waals surface area contributed by atoms with Crippen molar-refractivity contribution < 1.29 is 14.3 Å². The average molecular weight is 298 g/mol. The second kappa shape index (κ2) is 6.76. The van der Waals surface area contributed by atoms with Crippen molar-refractivity contribution >= 4 is 23.3 Å². The predicted octanol–water partition coefficient (Wildman–Crippen LogP) is 2.48. The SMILES string of the molecule is C[C@H](OC(=O)c1ccc(N)cc1)C(=O)N(C)c1ccccc1. The van der Waals surface area contributed by atoms with Crippen molar-refractivity contribution in [2.45, 2.75) is 13.0 Å². The minimum absolute atomic E-state index is 0.296. The highest BCUT2D eigenvalue weighted by Gasteiger charge is 2.22. The van der Waals surface area contributed by atoms with Gasteiger partial charge in [-0.3, -0.25) is 4.79 Å². The van der Waals surface area contributed by atoms with Gasteiger partial charge in [-0.25, -0.2) is 4.79 Å². The second-order valence-corrected chi connectivity index (χ2v) is 4.90. The Morgan fingerprint density at radius 2 is 1.64 bits per heavy atom. The number of carbonyl (C=O) groups excluding carboxylic acids is 2. The highest BCUT2D eigenvalue weighted by Crippen LogP contribution is 2.14. The molecule has 2 N–H and O–H groups in total. The van der Waals surface area contributed by atoms with E-state index in [1.165, 1.54) is 4.90 Å². The van der Waals surface area contributed by atoms with Gasteiger partial charge in [-0.2, -0.15) is 0 Å². The number of hydrogen-bond acceptors (Lipinski definition) is 4. The standard InChI is InChI=1S/C17H18N2O3/c1-12(16(20)19(2)15-6-4-3-5-7-15)22-17(21)13-8-10-14(18)11-9-13/h3-12H,18H2,1-2H3/t12-/m0/s1. The van der Waals surface area contributed by atoms with Crippen molar-refractivity contribution in [2.24, 2.45) is 0 Å². The number of esters is 1. The third-order valence-electron chi connectivity index (χ3n) is 3.25. The molecule has 0 aromatic heterocycles. The summed E-state index contributed by atoms with van der Waals surface area (Å²) in [6.07, 6.45) is -0.879. The molecular formula is C17H18N2O3. The van der Waals surface area contributed by atoms with E-state index >= 15 is 0 Å². The number of likely N-dealkylation sites (N-methyl/N-ethyl adjacent to an activating group) is 1. The summed E-state index contributed by atoms with van der Waals surface area (Å²) >= 11 is 0. The largest absolute Gasteiger partial charge is 0.449 e. The molecule has 5 heteroatoms. The fourth-order valence-electron chi connectivity index (χ4n) is 1.95. The fraction of sp³-hybridized carbons (Fsp3) is 0.176. The van der Waals surface area contributed by atoms with Crippen LogP contribution < -0.4 is 10.6 Å². The summed E-state index contributed by atoms with van der Waals surface area (Å²) in [5.74, 6) is -0.850. The van der Waals surface area contributed by atoms with Crippen molar-refractivity contribution in [3.63, 3.8) is 0 Å². The third-order valence-corrected chi connectivity index (χ3v) is 3.25. The minimum atomic E-state index is -0.879. The molecule has 0 bridgehead atoms. The molecule has 0 aliphatic rings. The van der Waals surface area contributed by atoms with Gasteiger partial charge in [-0.15, -0.1) is 0 Å².